The molecule has 2 rings (SSSR count). The van der Waals surface area contributed by atoms with Crippen molar-refractivity contribution in [3.63, 3.8) is 0 Å². The zero-order chi connectivity index (χ0) is 17.0. The highest BCUT2D eigenvalue weighted by Crippen LogP contribution is 2.41. The summed E-state index contributed by atoms with van der Waals surface area (Å²) in [6.45, 7) is 1.55. The molecule has 0 radical (unpaired) electrons. The van der Waals surface area contributed by atoms with Gasteiger partial charge in [0, 0.05) is 12.6 Å². The number of alkyl halides is 3. The number of halogens is 4. The van der Waals surface area contributed by atoms with E-state index in [1.54, 1.807) is 6.92 Å². The summed E-state index contributed by atoms with van der Waals surface area (Å²) >= 11 is 0. The minimum atomic E-state index is -4.85. The Morgan fingerprint density at radius 2 is 1.83 bits per heavy atom. The zero-order valence-corrected chi connectivity index (χ0v) is 11.9. The maximum atomic E-state index is 13.7. The number of carbonyl (C=O) groups is 1. The third kappa shape index (κ3) is 3.97. The molecular weight excluding hydrogens is 318 g/mol. The van der Waals surface area contributed by atoms with Gasteiger partial charge in [-0.2, -0.15) is 13.2 Å². The Kier molecular flexibility index (Phi) is 4.83. The first kappa shape index (κ1) is 16.7. The molecule has 0 spiro atoms. The van der Waals surface area contributed by atoms with Gasteiger partial charge in [-0.25, -0.2) is 4.39 Å². The fraction of sp³-hybridized carbons (Fsp3) is 0.200. The van der Waals surface area contributed by atoms with E-state index in [2.05, 4.69) is 4.98 Å². The van der Waals surface area contributed by atoms with Gasteiger partial charge in [0.2, 0.25) is 0 Å². The van der Waals surface area contributed by atoms with E-state index >= 15 is 0 Å². The van der Waals surface area contributed by atoms with E-state index in [0.717, 1.165) is 0 Å². The number of carbonyl (C=O) groups excluding carboxylic acids is 1. The van der Waals surface area contributed by atoms with Crippen molar-refractivity contribution in [1.82, 2.24) is 4.98 Å². The van der Waals surface area contributed by atoms with Crippen molar-refractivity contribution in [3.05, 3.63) is 48.0 Å². The van der Waals surface area contributed by atoms with Gasteiger partial charge in [0.1, 0.15) is 5.56 Å². The number of esters is 1. The molecule has 0 saturated heterocycles. The molecule has 23 heavy (non-hydrogen) atoms. The maximum absolute atomic E-state index is 13.7. The lowest BCUT2D eigenvalue weighted by Gasteiger charge is -2.15. The van der Waals surface area contributed by atoms with Crippen molar-refractivity contribution in [2.75, 3.05) is 0 Å². The number of benzene rings is 1. The highest BCUT2D eigenvalue weighted by molar-refractivity contribution is 5.72. The van der Waals surface area contributed by atoms with Crippen LogP contribution in [0.4, 0.5) is 17.6 Å². The van der Waals surface area contributed by atoms with E-state index < -0.39 is 29.3 Å². The molecular formula is C15H11F4NO3. The molecule has 1 aromatic carbocycles. The highest BCUT2D eigenvalue weighted by atomic mass is 19.4. The van der Waals surface area contributed by atoms with Crippen LogP contribution in [-0.2, 0) is 11.0 Å². The van der Waals surface area contributed by atoms with Crippen molar-refractivity contribution in [2.45, 2.75) is 19.5 Å². The molecule has 0 atom stereocenters. The first-order chi connectivity index (χ1) is 10.8. The molecule has 0 unspecified atom stereocenters. The summed E-state index contributed by atoms with van der Waals surface area (Å²) in [6, 6.07) is 5.54. The van der Waals surface area contributed by atoms with Crippen LogP contribution < -0.4 is 9.47 Å². The minimum Gasteiger partial charge on any atom is -0.450 e. The van der Waals surface area contributed by atoms with Gasteiger partial charge in [-0.3, -0.25) is 9.78 Å². The van der Waals surface area contributed by atoms with Gasteiger partial charge in [-0.1, -0.05) is 19.1 Å². The maximum Gasteiger partial charge on any atom is 0.421 e. The topological polar surface area (TPSA) is 48.4 Å². The average Bonchev–Trinajstić information content (AvgIpc) is 2.49. The summed E-state index contributed by atoms with van der Waals surface area (Å²) < 4.78 is 62.5. The van der Waals surface area contributed by atoms with Crippen molar-refractivity contribution in [1.29, 1.82) is 0 Å². The lowest BCUT2D eigenvalue weighted by atomic mass is 10.2. The molecule has 0 N–H and O–H groups in total. The monoisotopic (exact) mass is 329 g/mol. The van der Waals surface area contributed by atoms with Crippen LogP contribution >= 0.6 is 0 Å². The second-order valence-electron chi connectivity index (χ2n) is 4.37. The normalized spacial score (nSPS) is 11.2. The zero-order valence-electron chi connectivity index (χ0n) is 11.9. The van der Waals surface area contributed by atoms with Crippen LogP contribution in [-0.4, -0.2) is 11.0 Å². The van der Waals surface area contributed by atoms with Gasteiger partial charge < -0.3 is 9.47 Å². The number of ether oxygens (including phenoxy) is 2. The summed E-state index contributed by atoms with van der Waals surface area (Å²) in [5, 5.41) is 0. The van der Waals surface area contributed by atoms with Crippen LogP contribution in [0.1, 0.15) is 18.9 Å². The Labute approximate surface area is 128 Å². The second-order valence-corrected chi connectivity index (χ2v) is 4.37. The smallest absolute Gasteiger partial charge is 0.421 e. The highest BCUT2D eigenvalue weighted by Gasteiger charge is 2.37. The number of aromatic nitrogens is 1. The van der Waals surface area contributed by atoms with Gasteiger partial charge in [-0.15, -0.1) is 0 Å². The summed E-state index contributed by atoms with van der Waals surface area (Å²) in [5.74, 6) is -3.25. The minimum absolute atomic E-state index is 0.0613. The molecule has 0 fully saturated rings. The Bertz CT molecular complexity index is 716. The van der Waals surface area contributed by atoms with E-state index in [-0.39, 0.29) is 17.9 Å². The molecule has 1 aromatic heterocycles. The largest absolute Gasteiger partial charge is 0.450 e. The fourth-order valence-corrected chi connectivity index (χ4v) is 1.65. The Morgan fingerprint density at radius 3 is 2.43 bits per heavy atom. The number of hydrogen-bond donors (Lipinski definition) is 0. The second kappa shape index (κ2) is 6.64. The SMILES string of the molecule is CCC(=O)Oc1ccccc1Oc1c(F)cncc1C(F)(F)F. The molecule has 1 heterocycles. The molecule has 2 aromatic rings. The number of nitrogens with zero attached hydrogens (tertiary/aromatic N) is 1. The molecule has 0 amide bonds. The predicted octanol–water partition coefficient (Wildman–Crippen LogP) is 4.35. The van der Waals surface area contributed by atoms with Crippen LogP contribution in [0, 0.1) is 5.82 Å². The van der Waals surface area contributed by atoms with Crippen molar-refractivity contribution >= 4 is 5.97 Å². The third-order valence-electron chi connectivity index (χ3n) is 2.73. The number of hydrogen-bond acceptors (Lipinski definition) is 4. The van der Waals surface area contributed by atoms with Crippen LogP contribution in [0.3, 0.4) is 0 Å². The number of para-hydroxylation sites is 2. The van der Waals surface area contributed by atoms with Crippen LogP contribution in [0.5, 0.6) is 17.2 Å². The Morgan fingerprint density at radius 1 is 1.17 bits per heavy atom. The quantitative estimate of drug-likeness (QED) is 0.475. The van der Waals surface area contributed by atoms with Gasteiger partial charge in [0.05, 0.1) is 6.20 Å². The first-order valence-corrected chi connectivity index (χ1v) is 6.51. The van der Waals surface area contributed by atoms with Crippen LogP contribution in [0.15, 0.2) is 36.7 Å². The van der Waals surface area contributed by atoms with Gasteiger partial charge in [-0.05, 0) is 12.1 Å². The number of pyridine rings is 1. The summed E-state index contributed by atoms with van der Waals surface area (Å²) in [6.07, 6.45) is -3.73. The van der Waals surface area contributed by atoms with E-state index in [1.165, 1.54) is 24.3 Å². The van der Waals surface area contributed by atoms with Crippen LogP contribution in [0.25, 0.3) is 0 Å². The molecule has 0 bridgehead atoms. The summed E-state index contributed by atoms with van der Waals surface area (Å²) in [5.41, 5.74) is -1.37. The lowest BCUT2D eigenvalue weighted by Crippen LogP contribution is -2.10. The van der Waals surface area contributed by atoms with E-state index in [0.29, 0.717) is 12.4 Å². The van der Waals surface area contributed by atoms with E-state index in [9.17, 15) is 22.4 Å². The Hall–Kier alpha value is -2.64. The summed E-state index contributed by atoms with van der Waals surface area (Å²) in [4.78, 5) is 14.5. The van der Waals surface area contributed by atoms with Gasteiger partial charge in [0.25, 0.3) is 0 Å². The van der Waals surface area contributed by atoms with E-state index in [1.807, 2.05) is 0 Å². The summed E-state index contributed by atoms with van der Waals surface area (Å²) in [7, 11) is 0. The van der Waals surface area contributed by atoms with E-state index in [4.69, 9.17) is 9.47 Å². The molecule has 0 aliphatic carbocycles. The molecule has 4 nitrogen and oxygen atoms in total. The third-order valence-corrected chi connectivity index (χ3v) is 2.73. The Balaban J connectivity index is 2.43. The molecule has 122 valence electrons. The molecule has 8 heteroatoms. The van der Waals surface area contributed by atoms with Crippen molar-refractivity contribution in [2.24, 2.45) is 0 Å². The standard InChI is InChI=1S/C15H11F4NO3/c1-2-13(21)22-11-5-3-4-6-12(11)23-14-9(15(17,18)19)7-20-8-10(14)16/h3-8H,2H2,1H3. The average molecular weight is 329 g/mol. The lowest BCUT2D eigenvalue weighted by molar-refractivity contribution is -0.139. The van der Waals surface area contributed by atoms with Crippen LogP contribution in [0.2, 0.25) is 0 Å². The van der Waals surface area contributed by atoms with Crippen molar-refractivity contribution < 1.29 is 31.8 Å². The fourth-order valence-electron chi connectivity index (χ4n) is 1.65. The van der Waals surface area contributed by atoms with Crippen molar-refractivity contribution in [3.8, 4) is 17.2 Å². The first-order valence-electron chi connectivity index (χ1n) is 6.51. The predicted molar refractivity (Wildman–Crippen MR) is 71.6 cm³/mol. The number of rotatable bonds is 4. The molecule has 0 saturated carbocycles. The van der Waals surface area contributed by atoms with Gasteiger partial charge in [0.15, 0.2) is 23.1 Å². The van der Waals surface area contributed by atoms with Gasteiger partial charge >= 0.3 is 12.1 Å². The molecule has 0 aliphatic rings. The molecule has 0 aliphatic heterocycles.